The zero-order chi connectivity index (χ0) is 31.6. The van der Waals surface area contributed by atoms with Crippen LogP contribution in [0.5, 0.6) is 28.7 Å². The van der Waals surface area contributed by atoms with Gasteiger partial charge in [0.05, 0.1) is 41.2 Å². The van der Waals surface area contributed by atoms with Crippen molar-refractivity contribution in [2.24, 2.45) is 0 Å². The van der Waals surface area contributed by atoms with Gasteiger partial charge in [-0.05, 0) is 42.0 Å². The van der Waals surface area contributed by atoms with Crippen LogP contribution in [-0.4, -0.2) is 101 Å². The maximum Gasteiger partial charge on any atom is 0.322 e. The molecule has 3 amide bonds. The first-order chi connectivity index (χ1) is 21.3. The van der Waals surface area contributed by atoms with E-state index in [1.807, 2.05) is 0 Å². The molecular formula is C32H39FN4O7. The molecule has 1 heterocycles. The summed E-state index contributed by atoms with van der Waals surface area (Å²) in [6.07, 6.45) is 0. The maximum absolute atomic E-state index is 13.8. The van der Waals surface area contributed by atoms with E-state index in [2.05, 4.69) is 10.2 Å². The average molecular weight is 611 g/mol. The summed E-state index contributed by atoms with van der Waals surface area (Å²) in [5.74, 6) is 1.70. The summed E-state index contributed by atoms with van der Waals surface area (Å²) >= 11 is 0. The lowest BCUT2D eigenvalue weighted by molar-refractivity contribution is 0.0703. The van der Waals surface area contributed by atoms with Gasteiger partial charge in [0.15, 0.2) is 11.5 Å². The minimum atomic E-state index is -0.344. The quantitative estimate of drug-likeness (QED) is 0.323. The number of piperazine rings is 1. The Morgan fingerprint density at radius 1 is 0.795 bits per heavy atom. The molecule has 3 aromatic rings. The van der Waals surface area contributed by atoms with Gasteiger partial charge in [0.2, 0.25) is 5.75 Å². The number of methoxy groups -OCH3 is 5. The molecule has 3 aromatic carbocycles. The van der Waals surface area contributed by atoms with E-state index in [4.69, 9.17) is 23.7 Å². The number of hydrogen-bond donors (Lipinski definition) is 1. The first-order valence-electron chi connectivity index (χ1n) is 14.1. The zero-order valence-corrected chi connectivity index (χ0v) is 25.7. The monoisotopic (exact) mass is 610 g/mol. The number of ether oxygens (including phenoxy) is 5. The summed E-state index contributed by atoms with van der Waals surface area (Å²) in [5.41, 5.74) is 1.72. The lowest BCUT2D eigenvalue weighted by Crippen LogP contribution is -2.51. The Morgan fingerprint density at radius 3 is 2.00 bits per heavy atom. The van der Waals surface area contributed by atoms with Crippen LogP contribution in [0.1, 0.15) is 15.9 Å². The second-order valence-corrected chi connectivity index (χ2v) is 10.1. The molecule has 236 valence electrons. The van der Waals surface area contributed by atoms with Crippen LogP contribution in [0.2, 0.25) is 0 Å². The highest BCUT2D eigenvalue weighted by Gasteiger charge is 2.25. The summed E-state index contributed by atoms with van der Waals surface area (Å²) in [5, 5.41) is 2.92. The molecule has 1 fully saturated rings. The normalized spacial score (nSPS) is 13.2. The molecule has 0 aromatic heterocycles. The van der Waals surface area contributed by atoms with Gasteiger partial charge in [0.1, 0.15) is 17.3 Å². The molecule has 4 rings (SSSR count). The minimum Gasteiger partial charge on any atom is -0.497 e. The van der Waals surface area contributed by atoms with Gasteiger partial charge in [-0.15, -0.1) is 0 Å². The van der Waals surface area contributed by atoms with E-state index in [-0.39, 0.29) is 24.3 Å². The van der Waals surface area contributed by atoms with E-state index in [9.17, 15) is 14.0 Å². The van der Waals surface area contributed by atoms with Crippen molar-refractivity contribution in [3.63, 3.8) is 0 Å². The molecule has 0 unspecified atom stereocenters. The number of carbonyl (C=O) groups is 2. The van der Waals surface area contributed by atoms with E-state index >= 15 is 0 Å². The minimum absolute atomic E-state index is 0.219. The molecule has 12 heteroatoms. The average Bonchev–Trinajstić information content (AvgIpc) is 3.06. The van der Waals surface area contributed by atoms with Gasteiger partial charge < -0.3 is 38.8 Å². The smallest absolute Gasteiger partial charge is 0.322 e. The molecule has 1 N–H and O–H groups in total. The molecule has 0 bridgehead atoms. The van der Waals surface area contributed by atoms with Crippen LogP contribution in [0.15, 0.2) is 54.6 Å². The zero-order valence-electron chi connectivity index (χ0n) is 25.7. The molecule has 0 spiro atoms. The van der Waals surface area contributed by atoms with Crippen molar-refractivity contribution in [3.8, 4) is 28.7 Å². The number of urea groups is 1. The molecule has 11 nitrogen and oxygen atoms in total. The number of nitrogens with one attached hydrogen (secondary N) is 1. The number of hydrogen-bond acceptors (Lipinski definition) is 8. The Kier molecular flexibility index (Phi) is 11.1. The third kappa shape index (κ3) is 7.81. The largest absolute Gasteiger partial charge is 0.497 e. The van der Waals surface area contributed by atoms with Crippen molar-refractivity contribution in [1.82, 2.24) is 14.7 Å². The van der Waals surface area contributed by atoms with Gasteiger partial charge in [0, 0.05) is 57.4 Å². The summed E-state index contributed by atoms with van der Waals surface area (Å²) < 4.78 is 40.5. The number of nitrogens with zero attached hydrogens (tertiary/aromatic N) is 3. The van der Waals surface area contributed by atoms with Crippen LogP contribution < -0.4 is 29.0 Å². The summed E-state index contributed by atoms with van der Waals surface area (Å²) in [4.78, 5) is 32.5. The molecular weight excluding hydrogens is 571 g/mol. The maximum atomic E-state index is 13.8. The summed E-state index contributed by atoms with van der Waals surface area (Å²) in [6, 6.07) is 14.3. The van der Waals surface area contributed by atoms with Crippen molar-refractivity contribution in [2.75, 3.05) is 80.1 Å². The van der Waals surface area contributed by atoms with E-state index in [1.165, 1.54) is 40.6 Å². The van der Waals surface area contributed by atoms with E-state index in [0.29, 0.717) is 79.3 Å². The van der Waals surface area contributed by atoms with E-state index in [1.54, 1.807) is 59.4 Å². The third-order valence-electron chi connectivity index (χ3n) is 7.48. The van der Waals surface area contributed by atoms with Gasteiger partial charge >= 0.3 is 6.03 Å². The fourth-order valence-electron chi connectivity index (χ4n) is 4.98. The van der Waals surface area contributed by atoms with Crippen LogP contribution in [-0.2, 0) is 6.54 Å². The van der Waals surface area contributed by atoms with Crippen molar-refractivity contribution >= 4 is 17.6 Å². The lowest BCUT2D eigenvalue weighted by Gasteiger charge is -2.36. The van der Waals surface area contributed by atoms with E-state index in [0.717, 1.165) is 5.56 Å². The van der Waals surface area contributed by atoms with Gasteiger partial charge in [0.25, 0.3) is 5.91 Å². The molecule has 44 heavy (non-hydrogen) atoms. The van der Waals surface area contributed by atoms with Crippen molar-refractivity contribution in [3.05, 3.63) is 71.5 Å². The lowest BCUT2D eigenvalue weighted by atomic mass is 10.1. The summed E-state index contributed by atoms with van der Waals surface area (Å²) in [6.45, 7) is 3.57. The molecule has 0 saturated carbocycles. The van der Waals surface area contributed by atoms with Crippen LogP contribution in [0.3, 0.4) is 0 Å². The first-order valence-corrected chi connectivity index (χ1v) is 14.1. The van der Waals surface area contributed by atoms with Crippen LogP contribution in [0.4, 0.5) is 14.9 Å². The highest BCUT2D eigenvalue weighted by atomic mass is 19.1. The van der Waals surface area contributed by atoms with Crippen molar-refractivity contribution in [2.45, 2.75) is 6.54 Å². The molecule has 1 aliphatic heterocycles. The predicted octanol–water partition coefficient (Wildman–Crippen LogP) is 4.36. The fourth-order valence-corrected chi connectivity index (χ4v) is 4.98. The first kappa shape index (κ1) is 32.2. The second-order valence-electron chi connectivity index (χ2n) is 10.1. The Morgan fingerprint density at radius 2 is 1.43 bits per heavy atom. The number of amides is 3. The number of carbonyl (C=O) groups excluding carboxylic acids is 2. The Balaban J connectivity index is 1.42. The third-order valence-corrected chi connectivity index (χ3v) is 7.48. The molecule has 0 atom stereocenters. The predicted molar refractivity (Wildman–Crippen MR) is 164 cm³/mol. The molecule has 0 radical (unpaired) electrons. The number of benzene rings is 3. The van der Waals surface area contributed by atoms with Crippen LogP contribution >= 0.6 is 0 Å². The standard InChI is InChI=1S/C32H39FN4O7/c1-40-25-10-11-26(27(20-25)41-2)34-32(39)36-15-12-35(13-16-36)14-17-37(21-22-6-8-24(33)9-7-22)31(38)23-18-28(42-3)30(44-5)29(19-23)43-4/h6-11,18-20H,12-17,21H2,1-5H3,(H,34,39). The van der Waals surface area contributed by atoms with E-state index < -0.39 is 0 Å². The molecule has 1 aliphatic rings. The van der Waals surface area contributed by atoms with Gasteiger partial charge in [-0.2, -0.15) is 0 Å². The van der Waals surface area contributed by atoms with Gasteiger partial charge in [-0.1, -0.05) is 12.1 Å². The van der Waals surface area contributed by atoms with Crippen LogP contribution in [0.25, 0.3) is 0 Å². The molecule has 0 aliphatic carbocycles. The topological polar surface area (TPSA) is 102 Å². The van der Waals surface area contributed by atoms with Crippen LogP contribution in [0, 0.1) is 5.82 Å². The Bertz CT molecular complexity index is 1400. The molecule has 1 saturated heterocycles. The fraction of sp³-hybridized carbons (Fsp3) is 0.375. The highest BCUT2D eigenvalue weighted by Crippen LogP contribution is 2.38. The summed E-state index contributed by atoms with van der Waals surface area (Å²) in [7, 11) is 7.60. The Labute approximate surface area is 257 Å². The highest BCUT2D eigenvalue weighted by molar-refractivity contribution is 5.95. The number of halogens is 1. The Hall–Kier alpha value is -4.71. The van der Waals surface area contributed by atoms with Gasteiger partial charge in [-0.25, -0.2) is 9.18 Å². The van der Waals surface area contributed by atoms with Gasteiger partial charge in [-0.3, -0.25) is 9.69 Å². The SMILES string of the molecule is COc1ccc(NC(=O)N2CCN(CCN(Cc3ccc(F)cc3)C(=O)c3cc(OC)c(OC)c(OC)c3)CC2)c(OC)c1. The van der Waals surface area contributed by atoms with Crippen molar-refractivity contribution in [1.29, 1.82) is 0 Å². The number of anilines is 1. The number of rotatable bonds is 12. The second kappa shape index (κ2) is 15.1. The van der Waals surface area contributed by atoms with Crippen molar-refractivity contribution < 1.29 is 37.7 Å².